The zero-order valence-corrected chi connectivity index (χ0v) is 12.1. The summed E-state index contributed by atoms with van der Waals surface area (Å²) in [6, 6.07) is 20.8. The van der Waals surface area contributed by atoms with Crippen LogP contribution in [0.2, 0.25) is 6.32 Å². The summed E-state index contributed by atoms with van der Waals surface area (Å²) in [5.74, 6) is 0. The van der Waals surface area contributed by atoms with Crippen LogP contribution in [0.15, 0.2) is 60.7 Å². The Morgan fingerprint density at radius 2 is 1.22 bits per heavy atom. The van der Waals surface area contributed by atoms with Gasteiger partial charge in [-0.2, -0.15) is 0 Å². The lowest BCUT2D eigenvalue weighted by Crippen LogP contribution is -1.98. The van der Waals surface area contributed by atoms with Crippen LogP contribution in [-0.2, 0) is 0 Å². The Bertz CT molecular complexity index is 353. The van der Waals surface area contributed by atoms with E-state index in [1.807, 2.05) is 12.1 Å². The molecule has 0 aliphatic rings. The quantitative estimate of drug-likeness (QED) is 0.740. The second-order valence-corrected chi connectivity index (χ2v) is 4.09. The molecule has 0 aliphatic carbocycles. The Morgan fingerprint density at radius 1 is 0.833 bits per heavy atom. The van der Waals surface area contributed by atoms with Crippen LogP contribution < -0.4 is 0 Å². The average molecular weight is 256 g/mol. The molecule has 0 unspecified atom stereocenters. The Kier molecular flexibility index (Phi) is 10.4. The molecule has 2 aromatic carbocycles. The van der Waals surface area contributed by atoms with E-state index < -0.39 is 0 Å². The molecule has 18 heavy (non-hydrogen) atoms. The van der Waals surface area contributed by atoms with E-state index in [1.165, 1.54) is 31.7 Å². The van der Waals surface area contributed by atoms with Crippen LogP contribution in [0.3, 0.4) is 0 Å². The van der Waals surface area contributed by atoms with Crippen molar-refractivity contribution in [3.05, 3.63) is 60.7 Å². The maximum absolute atomic E-state index is 2.21. The molecule has 0 nitrogen and oxygen atoms in total. The van der Waals surface area contributed by atoms with Gasteiger partial charge in [0.25, 0.3) is 0 Å². The molecule has 0 radical (unpaired) electrons. The van der Waals surface area contributed by atoms with E-state index in [1.54, 1.807) is 0 Å². The van der Waals surface area contributed by atoms with E-state index in [0.717, 1.165) is 0 Å². The SMILES string of the molecule is BBBCC.Cl.c1ccc(-c2ccccc2)cc1. The lowest BCUT2D eigenvalue weighted by molar-refractivity contribution is 1.47. The van der Waals surface area contributed by atoms with Gasteiger partial charge in [-0.25, -0.2) is 0 Å². The molecular weight excluding hydrogens is 236 g/mol. The molecule has 0 aliphatic heterocycles. The van der Waals surface area contributed by atoms with Gasteiger partial charge >= 0.3 is 0 Å². The van der Waals surface area contributed by atoms with E-state index >= 15 is 0 Å². The topological polar surface area (TPSA) is 0 Å². The van der Waals surface area contributed by atoms with Gasteiger partial charge in [0.05, 0.1) is 22.0 Å². The number of benzene rings is 2. The number of halogens is 1. The third kappa shape index (κ3) is 6.61. The Balaban J connectivity index is 0.000000421. The summed E-state index contributed by atoms with van der Waals surface area (Å²) < 4.78 is 0. The Labute approximate surface area is 119 Å². The zero-order valence-electron chi connectivity index (χ0n) is 11.3. The first kappa shape index (κ1) is 16.9. The molecule has 2 rings (SSSR count). The molecule has 0 heterocycles. The van der Waals surface area contributed by atoms with Crippen LogP contribution in [0.25, 0.3) is 11.1 Å². The Morgan fingerprint density at radius 3 is 1.44 bits per heavy atom. The zero-order chi connectivity index (χ0) is 12.3. The first-order valence-electron chi connectivity index (χ1n) is 6.49. The minimum absolute atomic E-state index is 0. The van der Waals surface area contributed by atoms with Crippen molar-refractivity contribution < 1.29 is 0 Å². The van der Waals surface area contributed by atoms with Crippen molar-refractivity contribution in [3.63, 3.8) is 0 Å². The molecule has 0 aromatic heterocycles. The maximum atomic E-state index is 2.21. The van der Waals surface area contributed by atoms with Crippen LogP contribution >= 0.6 is 12.4 Å². The number of rotatable bonds is 3. The van der Waals surface area contributed by atoms with Crippen molar-refractivity contribution in [3.8, 4) is 11.1 Å². The smallest absolute Gasteiger partial charge is 0.0776 e. The van der Waals surface area contributed by atoms with Crippen molar-refractivity contribution in [1.82, 2.24) is 0 Å². The van der Waals surface area contributed by atoms with Gasteiger partial charge in [0.1, 0.15) is 0 Å². The van der Waals surface area contributed by atoms with Gasteiger partial charge in [-0.15, -0.1) is 12.4 Å². The van der Waals surface area contributed by atoms with Gasteiger partial charge in [0.2, 0.25) is 0 Å². The monoisotopic (exact) mass is 256 g/mol. The van der Waals surface area contributed by atoms with Crippen molar-refractivity contribution >= 4 is 34.4 Å². The van der Waals surface area contributed by atoms with Crippen LogP contribution in [-0.4, -0.2) is 22.0 Å². The van der Waals surface area contributed by atoms with E-state index in [2.05, 4.69) is 63.2 Å². The molecule has 0 saturated carbocycles. The molecule has 0 spiro atoms. The molecule has 2 aromatic rings. The fourth-order valence-corrected chi connectivity index (χ4v) is 1.61. The van der Waals surface area contributed by atoms with E-state index in [0.29, 0.717) is 0 Å². The molecule has 0 atom stereocenters. The summed E-state index contributed by atoms with van der Waals surface area (Å²) in [7, 11) is 4.94. The summed E-state index contributed by atoms with van der Waals surface area (Å²) in [5, 5.41) is 0. The molecule has 0 bridgehead atoms. The third-order valence-electron chi connectivity index (χ3n) is 2.59. The normalized spacial score (nSPS) is 8.28. The minimum atomic E-state index is 0. The molecule has 0 N–H and O–H groups in total. The van der Waals surface area contributed by atoms with Crippen molar-refractivity contribution in [2.24, 2.45) is 0 Å². The summed E-state index contributed by atoms with van der Waals surface area (Å²) >= 11 is 0. The van der Waals surface area contributed by atoms with Crippen molar-refractivity contribution in [2.45, 2.75) is 13.2 Å². The minimum Gasteiger partial charge on any atom is -0.147 e. The second-order valence-electron chi connectivity index (χ2n) is 4.09. The highest BCUT2D eigenvalue weighted by Gasteiger charge is 1.91. The predicted octanol–water partition coefficient (Wildman–Crippen LogP) is 2.54. The van der Waals surface area contributed by atoms with E-state index in [-0.39, 0.29) is 12.4 Å². The van der Waals surface area contributed by atoms with Crippen LogP contribution in [0, 0.1) is 0 Å². The van der Waals surface area contributed by atoms with E-state index in [4.69, 9.17) is 0 Å². The predicted molar refractivity (Wildman–Crippen MR) is 92.4 cm³/mol. The standard InChI is InChI=1S/C12H10.C2H9B3.ClH/c1-3-7-11(8-4-1)12-9-5-2-6-10-12;1-2-4-5-3;/h1-10H;4-5H,2-3H2,1H3;1H. The summed E-state index contributed by atoms with van der Waals surface area (Å²) in [5.41, 5.74) is 2.55. The van der Waals surface area contributed by atoms with Crippen LogP contribution in [0.5, 0.6) is 0 Å². The number of hydrogen-bond donors (Lipinski definition) is 0. The van der Waals surface area contributed by atoms with Crippen molar-refractivity contribution in [2.75, 3.05) is 0 Å². The van der Waals surface area contributed by atoms with Gasteiger partial charge in [-0.3, -0.25) is 0 Å². The van der Waals surface area contributed by atoms with Gasteiger partial charge < -0.3 is 0 Å². The maximum Gasteiger partial charge on any atom is 0.0776 e. The molecule has 0 fully saturated rings. The average Bonchev–Trinajstić information content (AvgIpc) is 2.42. The van der Waals surface area contributed by atoms with Crippen LogP contribution in [0.1, 0.15) is 6.92 Å². The first-order chi connectivity index (χ1) is 8.38. The third-order valence-corrected chi connectivity index (χ3v) is 2.59. The summed E-state index contributed by atoms with van der Waals surface area (Å²) in [6.07, 6.45) is 1.34. The highest BCUT2D eigenvalue weighted by Crippen LogP contribution is 2.17. The molecule has 0 saturated heterocycles. The Hall–Kier alpha value is -1.08. The fraction of sp³-hybridized carbons (Fsp3) is 0.143. The molecule has 92 valence electrons. The largest absolute Gasteiger partial charge is 0.147 e. The van der Waals surface area contributed by atoms with Gasteiger partial charge in [-0.1, -0.05) is 73.9 Å². The van der Waals surface area contributed by atoms with Gasteiger partial charge in [0.15, 0.2) is 0 Å². The van der Waals surface area contributed by atoms with Crippen molar-refractivity contribution in [1.29, 1.82) is 0 Å². The highest BCUT2D eigenvalue weighted by molar-refractivity contribution is 7.23. The second kappa shape index (κ2) is 11.0. The summed E-state index contributed by atoms with van der Waals surface area (Å²) in [4.78, 5) is 0. The fourth-order valence-electron chi connectivity index (χ4n) is 1.61. The lowest BCUT2D eigenvalue weighted by Gasteiger charge is -1.98. The lowest BCUT2D eigenvalue weighted by atomic mass is 9.27. The number of hydrogen-bond acceptors (Lipinski definition) is 0. The molecule has 0 amide bonds. The molecule has 4 heteroatoms. The van der Waals surface area contributed by atoms with Gasteiger partial charge in [-0.05, 0) is 11.1 Å². The van der Waals surface area contributed by atoms with Gasteiger partial charge in [0, 0.05) is 0 Å². The highest BCUT2D eigenvalue weighted by atomic mass is 35.5. The first-order valence-corrected chi connectivity index (χ1v) is 6.49. The molecular formula is C14H20B3Cl. The summed E-state index contributed by atoms with van der Waals surface area (Å²) in [6.45, 7) is 2.21. The van der Waals surface area contributed by atoms with E-state index in [9.17, 15) is 0 Å². The van der Waals surface area contributed by atoms with Crippen LogP contribution in [0.4, 0.5) is 0 Å².